The number of nitrogens with one attached hydrogen (secondary N) is 1. The van der Waals surface area contributed by atoms with Crippen molar-refractivity contribution < 1.29 is 14.6 Å². The molecule has 0 atom stereocenters. The zero-order valence-electron chi connectivity index (χ0n) is 17.6. The van der Waals surface area contributed by atoms with Crippen LogP contribution in [0.3, 0.4) is 0 Å². The summed E-state index contributed by atoms with van der Waals surface area (Å²) >= 11 is 0. The molecule has 0 bridgehead atoms. The number of H-pyrrole nitrogens is 1. The molecule has 1 saturated heterocycles. The van der Waals surface area contributed by atoms with Gasteiger partial charge < -0.3 is 25.3 Å². The number of nitrogens with zero attached hydrogens (tertiary/aromatic N) is 3. The number of anilines is 1. The van der Waals surface area contributed by atoms with E-state index in [4.69, 9.17) is 15.2 Å². The number of aliphatic hydroxyl groups is 1. The molecule has 0 amide bonds. The minimum absolute atomic E-state index is 0.204. The number of hydrogen-bond acceptors (Lipinski definition) is 7. The number of rotatable bonds is 6. The Bertz CT molecular complexity index is 1050. The summed E-state index contributed by atoms with van der Waals surface area (Å²) in [4.78, 5) is 14.3. The quantitative estimate of drug-likeness (QED) is 0.559. The number of aromatic nitrogens is 3. The van der Waals surface area contributed by atoms with Gasteiger partial charge in [0.05, 0.1) is 25.0 Å². The zero-order valence-corrected chi connectivity index (χ0v) is 17.6. The van der Waals surface area contributed by atoms with Gasteiger partial charge in [-0.1, -0.05) is 18.9 Å². The van der Waals surface area contributed by atoms with Crippen LogP contribution < -0.4 is 10.5 Å². The van der Waals surface area contributed by atoms with E-state index < -0.39 is 5.60 Å². The minimum atomic E-state index is -0.745. The monoisotopic (exact) mass is 423 g/mol. The molecule has 0 radical (unpaired) electrons. The third kappa shape index (κ3) is 4.11. The third-order valence-corrected chi connectivity index (χ3v) is 6.45. The molecular weight excluding hydrogens is 394 g/mol. The molecule has 31 heavy (non-hydrogen) atoms. The molecule has 4 N–H and O–H groups in total. The smallest absolute Gasteiger partial charge is 0.220 e. The molecule has 1 aromatic carbocycles. The molecule has 1 saturated carbocycles. The average Bonchev–Trinajstić information content (AvgIpc) is 3.42. The maximum absolute atomic E-state index is 11.1. The van der Waals surface area contributed by atoms with Crippen molar-refractivity contribution in [2.75, 3.05) is 45.2 Å². The molecule has 8 nitrogen and oxygen atoms in total. The van der Waals surface area contributed by atoms with E-state index in [0.717, 1.165) is 80.6 Å². The number of nitrogen functional groups attached to an aromatic ring is 1. The summed E-state index contributed by atoms with van der Waals surface area (Å²) in [7, 11) is 0. The van der Waals surface area contributed by atoms with Gasteiger partial charge >= 0.3 is 0 Å². The van der Waals surface area contributed by atoms with Gasteiger partial charge in [-0.3, -0.25) is 4.90 Å². The second kappa shape index (κ2) is 8.45. The highest BCUT2D eigenvalue weighted by Gasteiger charge is 2.33. The second-order valence-corrected chi connectivity index (χ2v) is 8.44. The molecule has 0 unspecified atom stereocenters. The molecule has 2 aromatic heterocycles. The van der Waals surface area contributed by atoms with Crippen LogP contribution in [0.25, 0.3) is 22.2 Å². The number of morpholine rings is 1. The second-order valence-electron chi connectivity index (χ2n) is 8.44. The summed E-state index contributed by atoms with van der Waals surface area (Å²) in [5.41, 5.74) is 8.68. The van der Waals surface area contributed by atoms with Crippen molar-refractivity contribution in [3.05, 3.63) is 36.2 Å². The fraction of sp³-hybridized carbons (Fsp3) is 0.478. The highest BCUT2D eigenvalue weighted by Crippen LogP contribution is 2.41. The molecule has 0 spiro atoms. The van der Waals surface area contributed by atoms with Crippen molar-refractivity contribution in [3.8, 4) is 17.0 Å². The van der Waals surface area contributed by atoms with Gasteiger partial charge in [0, 0.05) is 42.3 Å². The molecule has 2 fully saturated rings. The van der Waals surface area contributed by atoms with Gasteiger partial charge in [0.2, 0.25) is 5.95 Å². The Kier molecular flexibility index (Phi) is 5.52. The molecule has 8 heteroatoms. The maximum Gasteiger partial charge on any atom is 0.220 e. The van der Waals surface area contributed by atoms with Crippen LogP contribution in [0.4, 0.5) is 5.95 Å². The van der Waals surface area contributed by atoms with Crippen LogP contribution in [0.5, 0.6) is 5.75 Å². The van der Waals surface area contributed by atoms with Crippen LogP contribution in [0.1, 0.15) is 31.2 Å². The molecular formula is C23H29N5O3. The Morgan fingerprint density at radius 1 is 1.23 bits per heavy atom. The number of ether oxygens (including phenoxy) is 2. The van der Waals surface area contributed by atoms with Crippen LogP contribution in [0.2, 0.25) is 0 Å². The number of nitrogens with two attached hydrogens (primary N) is 1. The first-order valence-corrected chi connectivity index (χ1v) is 11.0. The highest BCUT2D eigenvalue weighted by atomic mass is 16.5. The fourth-order valence-corrected chi connectivity index (χ4v) is 4.65. The number of aromatic amines is 1. The summed E-state index contributed by atoms with van der Waals surface area (Å²) in [6.07, 6.45) is 7.27. The first kappa shape index (κ1) is 20.2. The van der Waals surface area contributed by atoms with Crippen LogP contribution >= 0.6 is 0 Å². The van der Waals surface area contributed by atoms with Crippen LogP contribution in [-0.2, 0) is 10.3 Å². The van der Waals surface area contributed by atoms with E-state index in [1.165, 1.54) is 0 Å². The van der Waals surface area contributed by atoms with Gasteiger partial charge in [-0.25, -0.2) is 9.97 Å². The average molecular weight is 424 g/mol. The number of benzene rings is 1. The van der Waals surface area contributed by atoms with E-state index in [1.807, 2.05) is 18.3 Å². The van der Waals surface area contributed by atoms with E-state index >= 15 is 0 Å². The fourth-order valence-electron chi connectivity index (χ4n) is 4.65. The van der Waals surface area contributed by atoms with Crippen molar-refractivity contribution in [1.29, 1.82) is 0 Å². The lowest BCUT2D eigenvalue weighted by Gasteiger charge is -2.26. The van der Waals surface area contributed by atoms with Crippen molar-refractivity contribution >= 4 is 16.9 Å². The van der Waals surface area contributed by atoms with Gasteiger partial charge in [0.25, 0.3) is 0 Å². The lowest BCUT2D eigenvalue weighted by Crippen LogP contribution is -2.38. The molecule has 1 aliphatic heterocycles. The Morgan fingerprint density at radius 3 is 2.84 bits per heavy atom. The van der Waals surface area contributed by atoms with E-state index in [9.17, 15) is 5.11 Å². The summed E-state index contributed by atoms with van der Waals surface area (Å²) in [6, 6.07) is 6.11. The van der Waals surface area contributed by atoms with Crippen molar-refractivity contribution in [2.45, 2.75) is 31.3 Å². The molecule has 164 valence electrons. The molecule has 2 aliphatic rings. The molecule has 5 rings (SSSR count). The first-order valence-electron chi connectivity index (χ1n) is 11.0. The van der Waals surface area contributed by atoms with Gasteiger partial charge in [-0.05, 0) is 30.5 Å². The van der Waals surface area contributed by atoms with Gasteiger partial charge in [-0.15, -0.1) is 0 Å². The van der Waals surface area contributed by atoms with E-state index in [1.54, 1.807) is 6.20 Å². The topological polar surface area (TPSA) is 110 Å². The molecule has 1 aliphatic carbocycles. The van der Waals surface area contributed by atoms with Gasteiger partial charge in [0.15, 0.2) is 5.75 Å². The predicted molar refractivity (Wildman–Crippen MR) is 119 cm³/mol. The van der Waals surface area contributed by atoms with E-state index in [2.05, 4.69) is 25.9 Å². The molecule has 3 heterocycles. The van der Waals surface area contributed by atoms with Crippen LogP contribution in [0, 0.1) is 0 Å². The first-order chi connectivity index (χ1) is 15.1. The Labute approximate surface area is 181 Å². The summed E-state index contributed by atoms with van der Waals surface area (Å²) in [6.45, 7) is 4.72. The van der Waals surface area contributed by atoms with E-state index in [0.29, 0.717) is 18.1 Å². The van der Waals surface area contributed by atoms with Crippen molar-refractivity contribution in [1.82, 2.24) is 19.9 Å². The van der Waals surface area contributed by atoms with Crippen molar-refractivity contribution in [2.24, 2.45) is 0 Å². The minimum Gasteiger partial charge on any atom is -0.488 e. The summed E-state index contributed by atoms with van der Waals surface area (Å²) < 4.78 is 11.5. The van der Waals surface area contributed by atoms with Crippen LogP contribution in [0.15, 0.2) is 30.6 Å². The maximum atomic E-state index is 11.1. The van der Waals surface area contributed by atoms with E-state index in [-0.39, 0.29) is 5.95 Å². The lowest BCUT2D eigenvalue weighted by molar-refractivity contribution is 0.0322. The zero-order chi connectivity index (χ0) is 21.3. The highest BCUT2D eigenvalue weighted by molar-refractivity contribution is 5.96. The number of hydrogen-bond donors (Lipinski definition) is 3. The SMILES string of the molecule is Nc1ncc(OCCN2CCOCC2)c(-c2c[nH]c3ccc(C4(O)CCCC4)cc23)n1. The normalized spacial score (nSPS) is 19.1. The summed E-state index contributed by atoms with van der Waals surface area (Å²) in [5, 5.41) is 12.1. The van der Waals surface area contributed by atoms with Crippen LogP contribution in [-0.4, -0.2) is 64.4 Å². The lowest BCUT2D eigenvalue weighted by atomic mass is 9.91. The Morgan fingerprint density at radius 2 is 2.03 bits per heavy atom. The predicted octanol–water partition coefficient (Wildman–Crippen LogP) is 2.68. The Hall–Kier alpha value is -2.68. The summed E-state index contributed by atoms with van der Waals surface area (Å²) in [5.74, 6) is 0.809. The number of fused-ring (bicyclic) bond motifs is 1. The standard InChI is InChI=1S/C23H29N5O3/c24-22-26-15-20(31-12-9-28-7-10-30-11-8-28)21(27-22)18-14-25-19-4-3-16(13-17(18)19)23(29)5-1-2-6-23/h3-4,13-15,25,29H,1-2,5-12H2,(H2,24,26,27). The van der Waals surface area contributed by atoms with Gasteiger partial charge in [-0.2, -0.15) is 0 Å². The largest absolute Gasteiger partial charge is 0.488 e. The third-order valence-electron chi connectivity index (χ3n) is 6.45. The Balaban J connectivity index is 1.44. The van der Waals surface area contributed by atoms with Gasteiger partial charge in [0.1, 0.15) is 12.3 Å². The molecule has 3 aromatic rings. The van der Waals surface area contributed by atoms with Crippen molar-refractivity contribution in [3.63, 3.8) is 0 Å².